The van der Waals surface area contributed by atoms with E-state index in [1.54, 1.807) is 26.0 Å². The third-order valence-corrected chi connectivity index (χ3v) is 3.56. The van der Waals surface area contributed by atoms with Crippen LogP contribution < -0.4 is 0 Å². The van der Waals surface area contributed by atoms with Crippen molar-refractivity contribution in [1.82, 2.24) is 0 Å². The second kappa shape index (κ2) is 4.26. The molecule has 0 aromatic rings. The highest BCUT2D eigenvalue weighted by atomic mass is 16.6. The molecule has 0 bridgehead atoms. The first kappa shape index (κ1) is 12.9. The van der Waals surface area contributed by atoms with E-state index in [4.69, 9.17) is 9.47 Å². The number of hydrogen-bond donors (Lipinski definition) is 0. The van der Waals surface area contributed by atoms with Gasteiger partial charge in [0, 0.05) is 5.92 Å². The highest BCUT2D eigenvalue weighted by molar-refractivity contribution is 6.03. The van der Waals surface area contributed by atoms with Crippen LogP contribution in [0.4, 0.5) is 0 Å². The normalized spacial score (nSPS) is 33.3. The summed E-state index contributed by atoms with van der Waals surface area (Å²) in [5.74, 6) is -1.24. The maximum Gasteiger partial charge on any atom is 0.328 e. The average Bonchev–Trinajstić information content (AvgIpc) is 2.81. The molecule has 0 spiro atoms. The van der Waals surface area contributed by atoms with Crippen molar-refractivity contribution in [3.05, 3.63) is 24.3 Å². The van der Waals surface area contributed by atoms with Gasteiger partial charge in [-0.25, -0.2) is 0 Å². The van der Waals surface area contributed by atoms with E-state index in [0.29, 0.717) is 0 Å². The molecule has 0 aromatic carbocycles. The molecule has 4 heteroatoms. The number of rotatable bonds is 2. The Labute approximate surface area is 107 Å². The number of carbonyl (C=O) groups excluding carboxylic acids is 2. The fourth-order valence-corrected chi connectivity index (χ4v) is 2.52. The Morgan fingerprint density at radius 1 is 1.44 bits per heavy atom. The molecule has 18 heavy (non-hydrogen) atoms. The van der Waals surface area contributed by atoms with E-state index in [1.807, 2.05) is 12.2 Å². The molecule has 98 valence electrons. The SMILES string of the molecule is COC(=O)C1(C2C=CCC2)C=CC(C)(C)OC1=O. The van der Waals surface area contributed by atoms with Crippen molar-refractivity contribution in [3.63, 3.8) is 0 Å². The van der Waals surface area contributed by atoms with Crippen LogP contribution in [0.3, 0.4) is 0 Å². The first-order chi connectivity index (χ1) is 8.42. The topological polar surface area (TPSA) is 52.6 Å². The van der Waals surface area contributed by atoms with Crippen LogP contribution in [0.5, 0.6) is 0 Å². The van der Waals surface area contributed by atoms with E-state index >= 15 is 0 Å². The van der Waals surface area contributed by atoms with Crippen LogP contribution in [-0.2, 0) is 19.1 Å². The molecule has 2 unspecified atom stereocenters. The van der Waals surface area contributed by atoms with Gasteiger partial charge >= 0.3 is 11.9 Å². The quantitative estimate of drug-likeness (QED) is 0.427. The van der Waals surface area contributed by atoms with Crippen molar-refractivity contribution in [1.29, 1.82) is 0 Å². The standard InChI is InChI=1S/C14H18O4/c1-13(2)8-9-14(11(15)17-3,12(16)18-13)10-6-4-5-7-10/h4,6,8-10H,5,7H2,1-3H3. The minimum atomic E-state index is -1.31. The number of carbonyl (C=O) groups is 2. The van der Waals surface area contributed by atoms with Crippen LogP contribution >= 0.6 is 0 Å². The zero-order valence-electron chi connectivity index (χ0n) is 10.9. The fraction of sp³-hybridized carbons (Fsp3) is 0.571. The average molecular weight is 250 g/mol. The van der Waals surface area contributed by atoms with Gasteiger partial charge in [0.15, 0.2) is 5.41 Å². The van der Waals surface area contributed by atoms with Gasteiger partial charge in [-0.1, -0.05) is 18.2 Å². The Morgan fingerprint density at radius 2 is 2.17 bits per heavy atom. The van der Waals surface area contributed by atoms with Gasteiger partial charge < -0.3 is 9.47 Å². The van der Waals surface area contributed by atoms with Crippen LogP contribution in [0.15, 0.2) is 24.3 Å². The van der Waals surface area contributed by atoms with Crippen molar-refractivity contribution in [3.8, 4) is 0 Å². The molecule has 4 nitrogen and oxygen atoms in total. The first-order valence-corrected chi connectivity index (χ1v) is 6.11. The predicted octanol–water partition coefficient (Wildman–Crippen LogP) is 2.00. The lowest BCUT2D eigenvalue weighted by molar-refractivity contribution is -0.178. The van der Waals surface area contributed by atoms with Crippen LogP contribution in [0, 0.1) is 11.3 Å². The fourth-order valence-electron chi connectivity index (χ4n) is 2.52. The highest BCUT2D eigenvalue weighted by Crippen LogP contribution is 2.43. The number of hydrogen-bond acceptors (Lipinski definition) is 4. The number of cyclic esters (lactones) is 1. The summed E-state index contributed by atoms with van der Waals surface area (Å²) in [7, 11) is 1.30. The van der Waals surface area contributed by atoms with Crippen molar-refractivity contribution in [2.24, 2.45) is 11.3 Å². The molecule has 0 N–H and O–H groups in total. The van der Waals surface area contributed by atoms with Gasteiger partial charge in [0.25, 0.3) is 0 Å². The van der Waals surface area contributed by atoms with Crippen molar-refractivity contribution in [2.75, 3.05) is 7.11 Å². The van der Waals surface area contributed by atoms with Crippen molar-refractivity contribution >= 4 is 11.9 Å². The monoisotopic (exact) mass is 250 g/mol. The summed E-state index contributed by atoms with van der Waals surface area (Å²) in [5.41, 5.74) is -1.98. The molecule has 2 atom stereocenters. The minimum absolute atomic E-state index is 0.176. The Bertz CT molecular complexity index is 433. The Balaban J connectivity index is 2.46. The van der Waals surface area contributed by atoms with Crippen LogP contribution in [0.1, 0.15) is 26.7 Å². The number of ether oxygens (including phenoxy) is 2. The predicted molar refractivity (Wildman–Crippen MR) is 65.6 cm³/mol. The third kappa shape index (κ3) is 1.85. The Hall–Kier alpha value is -1.58. The summed E-state index contributed by atoms with van der Waals surface area (Å²) in [6.07, 6.45) is 8.93. The van der Waals surface area contributed by atoms with E-state index < -0.39 is 23.0 Å². The highest BCUT2D eigenvalue weighted by Gasteiger charge is 2.55. The zero-order valence-corrected chi connectivity index (χ0v) is 10.9. The summed E-state index contributed by atoms with van der Waals surface area (Å²) in [6.45, 7) is 3.57. The van der Waals surface area contributed by atoms with E-state index in [1.165, 1.54) is 7.11 Å². The Kier molecular flexibility index (Phi) is 3.05. The van der Waals surface area contributed by atoms with Gasteiger partial charge in [-0.05, 0) is 32.8 Å². The van der Waals surface area contributed by atoms with Crippen molar-refractivity contribution in [2.45, 2.75) is 32.3 Å². The van der Waals surface area contributed by atoms with E-state index in [0.717, 1.165) is 12.8 Å². The van der Waals surface area contributed by atoms with E-state index in [-0.39, 0.29) is 5.92 Å². The lowest BCUT2D eigenvalue weighted by Gasteiger charge is -2.38. The Morgan fingerprint density at radius 3 is 2.67 bits per heavy atom. The van der Waals surface area contributed by atoms with Gasteiger partial charge in [0.05, 0.1) is 7.11 Å². The second-order valence-electron chi connectivity index (χ2n) is 5.30. The maximum absolute atomic E-state index is 12.3. The van der Waals surface area contributed by atoms with E-state index in [9.17, 15) is 9.59 Å². The molecule has 1 aliphatic heterocycles. The summed E-state index contributed by atoms with van der Waals surface area (Å²) in [4.78, 5) is 24.4. The summed E-state index contributed by atoms with van der Waals surface area (Å²) >= 11 is 0. The van der Waals surface area contributed by atoms with Crippen molar-refractivity contribution < 1.29 is 19.1 Å². The van der Waals surface area contributed by atoms with Gasteiger partial charge in [-0.15, -0.1) is 0 Å². The van der Waals surface area contributed by atoms with Gasteiger partial charge in [0.1, 0.15) is 5.60 Å². The molecule has 0 fully saturated rings. The molecule has 2 aliphatic rings. The number of allylic oxidation sites excluding steroid dienone is 2. The van der Waals surface area contributed by atoms with E-state index in [2.05, 4.69) is 0 Å². The van der Waals surface area contributed by atoms with Gasteiger partial charge in [-0.3, -0.25) is 9.59 Å². The molecule has 0 radical (unpaired) electrons. The van der Waals surface area contributed by atoms with Crippen LogP contribution in [0.2, 0.25) is 0 Å². The molecule has 2 rings (SSSR count). The number of esters is 2. The molecule has 0 aromatic heterocycles. The first-order valence-electron chi connectivity index (χ1n) is 6.11. The lowest BCUT2D eigenvalue weighted by Crippen LogP contribution is -2.50. The molecular weight excluding hydrogens is 232 g/mol. The molecular formula is C14H18O4. The molecule has 0 saturated carbocycles. The minimum Gasteiger partial charge on any atom is -0.468 e. The van der Waals surface area contributed by atoms with Gasteiger partial charge in [0.2, 0.25) is 0 Å². The summed E-state index contributed by atoms with van der Waals surface area (Å²) in [5, 5.41) is 0. The van der Waals surface area contributed by atoms with Crippen LogP contribution in [0.25, 0.3) is 0 Å². The third-order valence-electron chi connectivity index (χ3n) is 3.56. The largest absolute Gasteiger partial charge is 0.468 e. The van der Waals surface area contributed by atoms with Gasteiger partial charge in [-0.2, -0.15) is 0 Å². The summed E-state index contributed by atoms with van der Waals surface area (Å²) < 4.78 is 10.2. The lowest BCUT2D eigenvalue weighted by atomic mass is 9.72. The second-order valence-corrected chi connectivity index (χ2v) is 5.30. The number of methoxy groups -OCH3 is 1. The molecule has 0 saturated heterocycles. The molecule has 0 amide bonds. The summed E-state index contributed by atoms with van der Waals surface area (Å²) in [6, 6.07) is 0. The molecule has 1 heterocycles. The maximum atomic E-state index is 12.3. The molecule has 1 aliphatic carbocycles. The smallest absolute Gasteiger partial charge is 0.328 e. The van der Waals surface area contributed by atoms with Crippen LogP contribution in [-0.4, -0.2) is 24.6 Å². The zero-order chi connectivity index (χ0) is 13.4.